The number of amides is 2. The number of halogens is 6. The van der Waals surface area contributed by atoms with Gasteiger partial charge in [0, 0.05) is 0 Å². The van der Waals surface area contributed by atoms with E-state index < -0.39 is 41.7 Å². The van der Waals surface area contributed by atoms with Gasteiger partial charge in [-0.3, -0.25) is 9.59 Å². The van der Waals surface area contributed by atoms with E-state index in [1.807, 2.05) is 0 Å². The van der Waals surface area contributed by atoms with Gasteiger partial charge in [0.2, 0.25) is 0 Å². The summed E-state index contributed by atoms with van der Waals surface area (Å²) in [5.41, 5.74) is -1.91. The van der Waals surface area contributed by atoms with Crippen LogP contribution in [0.5, 0.6) is 0 Å². The average Bonchev–Trinajstić information content (AvgIpc) is 2.87. The van der Waals surface area contributed by atoms with Gasteiger partial charge in [-0.15, -0.1) is 0 Å². The monoisotopic (exact) mass is 388 g/mol. The molecule has 0 aromatic heterocycles. The zero-order valence-corrected chi connectivity index (χ0v) is 13.3. The first-order valence-electron chi connectivity index (χ1n) is 7.49. The van der Waals surface area contributed by atoms with Crippen LogP contribution in [0.3, 0.4) is 0 Å². The number of carbonyl (C=O) groups excluding carboxylic acids is 2. The number of hydrogen-bond donors (Lipinski definition) is 0. The van der Waals surface area contributed by atoms with Crippen molar-refractivity contribution in [3.05, 3.63) is 59.7 Å². The van der Waals surface area contributed by atoms with Crippen LogP contribution in [0.4, 0.5) is 37.7 Å². The summed E-state index contributed by atoms with van der Waals surface area (Å²) in [6.45, 7) is 0. The van der Waals surface area contributed by atoms with E-state index in [1.165, 1.54) is 0 Å². The maximum Gasteiger partial charge on any atom is 0.416 e. The third-order valence-electron chi connectivity index (χ3n) is 3.85. The van der Waals surface area contributed by atoms with Crippen molar-refractivity contribution in [3.63, 3.8) is 0 Å². The van der Waals surface area contributed by atoms with E-state index in [2.05, 4.69) is 0 Å². The number of anilines is 2. The van der Waals surface area contributed by atoms with E-state index in [-0.39, 0.29) is 11.4 Å². The van der Waals surface area contributed by atoms with Crippen molar-refractivity contribution in [2.75, 3.05) is 10.0 Å². The van der Waals surface area contributed by atoms with E-state index in [0.717, 1.165) is 58.5 Å². The lowest BCUT2D eigenvalue weighted by Gasteiger charge is -2.28. The number of nitrogens with zero attached hydrogens (tertiary/aromatic N) is 2. The summed E-state index contributed by atoms with van der Waals surface area (Å²) in [5.74, 6) is -1.42. The van der Waals surface area contributed by atoms with Gasteiger partial charge in [0.05, 0.1) is 22.5 Å². The van der Waals surface area contributed by atoms with E-state index in [4.69, 9.17) is 0 Å². The SMILES string of the molecule is O=C1CC(=O)N(c2ccc(C(F)(F)F)cc2)N1c1ccc(C(F)(F)F)cc1. The molecule has 27 heavy (non-hydrogen) atoms. The number of rotatable bonds is 2. The van der Waals surface area contributed by atoms with Gasteiger partial charge < -0.3 is 0 Å². The van der Waals surface area contributed by atoms with Gasteiger partial charge in [-0.1, -0.05) is 0 Å². The lowest BCUT2D eigenvalue weighted by molar-refractivity contribution is -0.138. The smallest absolute Gasteiger partial charge is 0.272 e. The summed E-state index contributed by atoms with van der Waals surface area (Å²) < 4.78 is 76.0. The molecule has 0 bridgehead atoms. The van der Waals surface area contributed by atoms with Crippen LogP contribution in [0, 0.1) is 0 Å². The molecule has 0 aliphatic carbocycles. The van der Waals surface area contributed by atoms with Crippen LogP contribution in [0.1, 0.15) is 17.5 Å². The highest BCUT2D eigenvalue weighted by atomic mass is 19.4. The number of alkyl halides is 6. The molecule has 0 unspecified atom stereocenters. The summed E-state index contributed by atoms with van der Waals surface area (Å²) >= 11 is 0. The van der Waals surface area contributed by atoms with E-state index >= 15 is 0 Å². The van der Waals surface area contributed by atoms with Crippen LogP contribution in [0.2, 0.25) is 0 Å². The third-order valence-corrected chi connectivity index (χ3v) is 3.85. The second-order valence-corrected chi connectivity index (χ2v) is 5.68. The van der Waals surface area contributed by atoms with Gasteiger partial charge in [-0.25, -0.2) is 10.0 Å². The van der Waals surface area contributed by atoms with Crippen molar-refractivity contribution in [2.45, 2.75) is 18.8 Å². The molecule has 3 rings (SSSR count). The first-order valence-corrected chi connectivity index (χ1v) is 7.49. The van der Waals surface area contributed by atoms with Crippen LogP contribution in [0.25, 0.3) is 0 Å². The summed E-state index contributed by atoms with van der Waals surface area (Å²) in [5, 5.41) is 1.68. The Labute approximate surface area is 148 Å². The molecule has 1 aliphatic heterocycles. The minimum absolute atomic E-state index is 0.0150. The summed E-state index contributed by atoms with van der Waals surface area (Å²) in [7, 11) is 0. The Morgan fingerprint density at radius 3 is 1.15 bits per heavy atom. The van der Waals surface area contributed by atoms with E-state index in [0.29, 0.717) is 0 Å². The molecular formula is C17H10F6N2O2. The molecule has 1 heterocycles. The van der Waals surface area contributed by atoms with Crippen molar-refractivity contribution in [2.24, 2.45) is 0 Å². The van der Waals surface area contributed by atoms with Crippen LogP contribution < -0.4 is 10.0 Å². The quantitative estimate of drug-likeness (QED) is 0.565. The predicted octanol–water partition coefficient (Wildman–Crippen LogP) is 4.41. The van der Waals surface area contributed by atoms with Crippen molar-refractivity contribution in [1.82, 2.24) is 0 Å². The minimum atomic E-state index is -4.57. The Kier molecular flexibility index (Phi) is 4.37. The molecule has 2 aromatic carbocycles. The van der Waals surface area contributed by atoms with Gasteiger partial charge in [0.1, 0.15) is 6.42 Å². The zero-order valence-electron chi connectivity index (χ0n) is 13.3. The highest BCUT2D eigenvalue weighted by Crippen LogP contribution is 2.35. The summed E-state index contributed by atoms with van der Waals surface area (Å²) in [6, 6.07) is 7.03. The Hall–Kier alpha value is -3.04. The molecule has 1 saturated heterocycles. The molecule has 142 valence electrons. The number of carbonyl (C=O) groups is 2. The Morgan fingerprint density at radius 2 is 0.889 bits per heavy atom. The summed E-state index contributed by atoms with van der Waals surface area (Å²) in [4.78, 5) is 24.3. The third kappa shape index (κ3) is 3.60. The van der Waals surface area contributed by atoms with Crippen LogP contribution in [-0.4, -0.2) is 11.8 Å². The van der Waals surface area contributed by atoms with Crippen LogP contribution >= 0.6 is 0 Å². The lowest BCUT2D eigenvalue weighted by atomic mass is 10.2. The van der Waals surface area contributed by atoms with E-state index in [1.54, 1.807) is 0 Å². The fourth-order valence-corrected chi connectivity index (χ4v) is 2.60. The van der Waals surface area contributed by atoms with Crippen LogP contribution in [-0.2, 0) is 21.9 Å². The lowest BCUT2D eigenvalue weighted by Crippen LogP contribution is -2.41. The fraction of sp³-hybridized carbons (Fsp3) is 0.176. The molecule has 1 aliphatic rings. The van der Waals surface area contributed by atoms with Gasteiger partial charge in [-0.05, 0) is 48.5 Å². The Balaban J connectivity index is 1.96. The molecule has 0 atom stereocenters. The predicted molar refractivity (Wildman–Crippen MR) is 82.5 cm³/mol. The minimum Gasteiger partial charge on any atom is -0.272 e. The van der Waals surface area contributed by atoms with Crippen molar-refractivity contribution >= 4 is 23.2 Å². The second kappa shape index (κ2) is 6.29. The van der Waals surface area contributed by atoms with Gasteiger partial charge in [0.15, 0.2) is 0 Å². The van der Waals surface area contributed by atoms with Crippen molar-refractivity contribution in [1.29, 1.82) is 0 Å². The molecule has 2 aromatic rings. The highest BCUT2D eigenvalue weighted by molar-refractivity contribution is 6.20. The number of hydrogen-bond acceptors (Lipinski definition) is 2. The Morgan fingerprint density at radius 1 is 0.593 bits per heavy atom. The number of hydrazine groups is 1. The van der Waals surface area contributed by atoms with Crippen LogP contribution in [0.15, 0.2) is 48.5 Å². The summed E-state index contributed by atoms with van der Waals surface area (Å²) in [6.07, 6.45) is -9.70. The molecule has 0 N–H and O–H groups in total. The molecule has 0 radical (unpaired) electrons. The standard InChI is InChI=1S/C17H10F6N2O2/c18-16(19,20)10-1-5-12(6-2-10)24-14(26)9-15(27)25(24)13-7-3-11(4-8-13)17(21,22)23/h1-8H,9H2. The maximum atomic E-state index is 12.7. The number of benzene rings is 2. The molecule has 0 saturated carbocycles. The topological polar surface area (TPSA) is 40.6 Å². The first-order chi connectivity index (χ1) is 12.5. The molecular weight excluding hydrogens is 378 g/mol. The molecule has 1 fully saturated rings. The average molecular weight is 388 g/mol. The molecule has 4 nitrogen and oxygen atoms in total. The van der Waals surface area contributed by atoms with E-state index in [9.17, 15) is 35.9 Å². The molecule has 10 heteroatoms. The van der Waals surface area contributed by atoms with Gasteiger partial charge >= 0.3 is 12.4 Å². The first kappa shape index (κ1) is 18.7. The normalized spacial score (nSPS) is 15.6. The second-order valence-electron chi connectivity index (χ2n) is 5.68. The zero-order chi connectivity index (χ0) is 20.0. The molecule has 2 amide bonds. The highest BCUT2D eigenvalue weighted by Gasteiger charge is 2.39. The van der Waals surface area contributed by atoms with Gasteiger partial charge in [-0.2, -0.15) is 26.3 Å². The van der Waals surface area contributed by atoms with Gasteiger partial charge in [0.25, 0.3) is 11.8 Å². The Bertz CT molecular complexity index is 799. The van der Waals surface area contributed by atoms with Crippen molar-refractivity contribution in [3.8, 4) is 0 Å². The molecule has 0 spiro atoms. The maximum absolute atomic E-state index is 12.7. The largest absolute Gasteiger partial charge is 0.416 e. The van der Waals surface area contributed by atoms with Crippen molar-refractivity contribution < 1.29 is 35.9 Å². The fourth-order valence-electron chi connectivity index (χ4n) is 2.60.